The van der Waals surface area contributed by atoms with E-state index in [4.69, 9.17) is 5.73 Å². The summed E-state index contributed by atoms with van der Waals surface area (Å²) in [6.45, 7) is 1.37. The molecule has 2 rings (SSSR count). The molecule has 1 aliphatic heterocycles. The van der Waals surface area contributed by atoms with Gasteiger partial charge in [-0.1, -0.05) is 18.2 Å². The molecule has 1 aromatic carbocycles. The maximum Gasteiger partial charge on any atom is 0.128 e. The van der Waals surface area contributed by atoms with Gasteiger partial charge in [0.15, 0.2) is 0 Å². The largest absolute Gasteiger partial charge is 0.328 e. The molecule has 0 aromatic heterocycles. The zero-order valence-corrected chi connectivity index (χ0v) is 7.39. The molecule has 0 spiro atoms. The molecule has 0 aliphatic carbocycles. The van der Waals surface area contributed by atoms with E-state index in [9.17, 15) is 4.39 Å². The Morgan fingerprint density at radius 1 is 1.46 bits per heavy atom. The fraction of sp³-hybridized carbons (Fsp3) is 0.400. The Kier molecular flexibility index (Phi) is 2.06. The van der Waals surface area contributed by atoms with Gasteiger partial charge in [0, 0.05) is 12.1 Å². The van der Waals surface area contributed by atoms with Crippen LogP contribution in [-0.2, 0) is 5.54 Å². The fourth-order valence-corrected chi connectivity index (χ4v) is 1.79. The highest BCUT2D eigenvalue weighted by atomic mass is 19.1. The first kappa shape index (κ1) is 8.66. The monoisotopic (exact) mass is 180 g/mol. The number of hydrogen-bond donors (Lipinski definition) is 2. The summed E-state index contributed by atoms with van der Waals surface area (Å²) in [4.78, 5) is 0. The van der Waals surface area contributed by atoms with Gasteiger partial charge in [-0.3, -0.25) is 0 Å². The lowest BCUT2D eigenvalue weighted by Gasteiger charge is -2.43. The third-order valence-electron chi connectivity index (χ3n) is 2.75. The predicted molar refractivity (Wildman–Crippen MR) is 49.8 cm³/mol. The SMILES string of the molecule is NCC1(c2ccccc2F)CCN1. The van der Waals surface area contributed by atoms with Gasteiger partial charge >= 0.3 is 0 Å². The predicted octanol–water partition coefficient (Wildman–Crippen LogP) is 0.973. The van der Waals surface area contributed by atoms with E-state index in [1.165, 1.54) is 6.07 Å². The third-order valence-corrected chi connectivity index (χ3v) is 2.75. The zero-order valence-electron chi connectivity index (χ0n) is 7.39. The number of halogens is 1. The maximum absolute atomic E-state index is 13.4. The smallest absolute Gasteiger partial charge is 0.128 e. The van der Waals surface area contributed by atoms with Crippen LogP contribution in [0.5, 0.6) is 0 Å². The normalized spacial score (nSPS) is 26.9. The highest BCUT2D eigenvalue weighted by molar-refractivity contribution is 5.29. The van der Waals surface area contributed by atoms with E-state index in [2.05, 4.69) is 5.32 Å². The molecule has 1 heterocycles. The number of benzene rings is 1. The molecule has 1 saturated heterocycles. The molecule has 0 bridgehead atoms. The summed E-state index contributed by atoms with van der Waals surface area (Å²) in [5.41, 5.74) is 6.04. The van der Waals surface area contributed by atoms with Crippen LogP contribution in [0, 0.1) is 5.82 Å². The summed E-state index contributed by atoms with van der Waals surface area (Å²) in [7, 11) is 0. The minimum absolute atomic E-state index is 0.167. The minimum atomic E-state index is -0.300. The molecule has 1 fully saturated rings. The Hall–Kier alpha value is -0.930. The van der Waals surface area contributed by atoms with Crippen LogP contribution in [0.1, 0.15) is 12.0 Å². The Morgan fingerprint density at radius 3 is 2.62 bits per heavy atom. The highest BCUT2D eigenvalue weighted by Crippen LogP contribution is 2.31. The summed E-state index contributed by atoms with van der Waals surface area (Å²) in [6, 6.07) is 6.82. The van der Waals surface area contributed by atoms with Crippen molar-refractivity contribution in [3.8, 4) is 0 Å². The Labute approximate surface area is 76.9 Å². The van der Waals surface area contributed by atoms with Crippen molar-refractivity contribution < 1.29 is 4.39 Å². The van der Waals surface area contributed by atoms with Gasteiger partial charge in [0.05, 0.1) is 5.54 Å². The van der Waals surface area contributed by atoms with E-state index in [1.54, 1.807) is 12.1 Å². The van der Waals surface area contributed by atoms with Gasteiger partial charge in [0.25, 0.3) is 0 Å². The van der Waals surface area contributed by atoms with Gasteiger partial charge in [0.1, 0.15) is 5.82 Å². The highest BCUT2D eigenvalue weighted by Gasteiger charge is 2.38. The molecule has 1 atom stereocenters. The van der Waals surface area contributed by atoms with Crippen molar-refractivity contribution >= 4 is 0 Å². The van der Waals surface area contributed by atoms with E-state index >= 15 is 0 Å². The molecule has 1 aliphatic rings. The van der Waals surface area contributed by atoms with Crippen molar-refractivity contribution in [1.29, 1.82) is 0 Å². The molecule has 3 N–H and O–H groups in total. The summed E-state index contributed by atoms with van der Waals surface area (Å²) >= 11 is 0. The topological polar surface area (TPSA) is 38.0 Å². The van der Waals surface area contributed by atoms with E-state index in [-0.39, 0.29) is 11.4 Å². The molecule has 0 saturated carbocycles. The van der Waals surface area contributed by atoms with Crippen LogP contribution in [0.2, 0.25) is 0 Å². The van der Waals surface area contributed by atoms with Gasteiger partial charge in [0.2, 0.25) is 0 Å². The second kappa shape index (κ2) is 3.09. The average Bonchev–Trinajstić information content (AvgIpc) is 2.07. The first-order valence-electron chi connectivity index (χ1n) is 4.49. The molecule has 70 valence electrons. The van der Waals surface area contributed by atoms with Crippen LogP contribution in [0.15, 0.2) is 24.3 Å². The Balaban J connectivity index is 2.38. The lowest BCUT2D eigenvalue weighted by atomic mass is 9.80. The van der Waals surface area contributed by atoms with Crippen LogP contribution < -0.4 is 11.1 Å². The minimum Gasteiger partial charge on any atom is -0.328 e. The second-order valence-corrected chi connectivity index (χ2v) is 3.44. The van der Waals surface area contributed by atoms with Crippen LogP contribution in [0.3, 0.4) is 0 Å². The van der Waals surface area contributed by atoms with Crippen molar-refractivity contribution in [2.24, 2.45) is 5.73 Å². The number of hydrogen-bond acceptors (Lipinski definition) is 2. The van der Waals surface area contributed by atoms with Gasteiger partial charge in [-0.25, -0.2) is 4.39 Å². The van der Waals surface area contributed by atoms with Crippen LogP contribution in [-0.4, -0.2) is 13.1 Å². The third kappa shape index (κ3) is 1.24. The van der Waals surface area contributed by atoms with E-state index in [0.717, 1.165) is 13.0 Å². The van der Waals surface area contributed by atoms with Crippen molar-refractivity contribution in [3.63, 3.8) is 0 Å². The van der Waals surface area contributed by atoms with Crippen LogP contribution in [0.4, 0.5) is 4.39 Å². The van der Waals surface area contributed by atoms with E-state index in [1.807, 2.05) is 6.07 Å². The second-order valence-electron chi connectivity index (χ2n) is 3.44. The molecular weight excluding hydrogens is 167 g/mol. The summed E-state index contributed by atoms with van der Waals surface area (Å²) in [5.74, 6) is -0.167. The van der Waals surface area contributed by atoms with Gasteiger partial charge in [-0.05, 0) is 19.0 Å². The maximum atomic E-state index is 13.4. The molecule has 13 heavy (non-hydrogen) atoms. The van der Waals surface area contributed by atoms with Gasteiger partial charge < -0.3 is 11.1 Å². The molecule has 1 aromatic rings. The fourth-order valence-electron chi connectivity index (χ4n) is 1.79. The standard InChI is InChI=1S/C10H13FN2/c11-9-4-2-1-3-8(9)10(7-12)5-6-13-10/h1-4,13H,5-7,12H2. The van der Waals surface area contributed by atoms with Crippen molar-refractivity contribution in [3.05, 3.63) is 35.6 Å². The first-order valence-corrected chi connectivity index (χ1v) is 4.49. The lowest BCUT2D eigenvalue weighted by Crippen LogP contribution is -2.59. The Bertz CT molecular complexity index is 302. The summed E-state index contributed by atoms with van der Waals surface area (Å²) in [6.07, 6.45) is 0.921. The van der Waals surface area contributed by atoms with E-state index < -0.39 is 0 Å². The van der Waals surface area contributed by atoms with Gasteiger partial charge in [-0.2, -0.15) is 0 Å². The molecule has 2 nitrogen and oxygen atoms in total. The molecule has 0 radical (unpaired) electrons. The van der Waals surface area contributed by atoms with Crippen LogP contribution in [0.25, 0.3) is 0 Å². The Morgan fingerprint density at radius 2 is 2.15 bits per heavy atom. The quantitative estimate of drug-likeness (QED) is 0.711. The first-order chi connectivity index (χ1) is 6.28. The average molecular weight is 180 g/mol. The molecular formula is C10H13FN2. The van der Waals surface area contributed by atoms with Gasteiger partial charge in [-0.15, -0.1) is 0 Å². The molecule has 0 amide bonds. The van der Waals surface area contributed by atoms with Crippen LogP contribution >= 0.6 is 0 Å². The summed E-state index contributed by atoms with van der Waals surface area (Å²) < 4.78 is 13.4. The number of rotatable bonds is 2. The van der Waals surface area contributed by atoms with Crippen molar-refractivity contribution in [2.45, 2.75) is 12.0 Å². The number of nitrogens with two attached hydrogens (primary N) is 1. The summed E-state index contributed by atoms with van der Waals surface area (Å²) in [5, 5.41) is 3.20. The molecule has 3 heteroatoms. The van der Waals surface area contributed by atoms with E-state index in [0.29, 0.717) is 12.1 Å². The lowest BCUT2D eigenvalue weighted by molar-refractivity contribution is 0.212. The molecule has 1 unspecified atom stereocenters. The zero-order chi connectivity index (χ0) is 9.31. The van der Waals surface area contributed by atoms with Crippen molar-refractivity contribution in [2.75, 3.05) is 13.1 Å². The number of nitrogens with one attached hydrogen (secondary N) is 1. The van der Waals surface area contributed by atoms with Crippen molar-refractivity contribution in [1.82, 2.24) is 5.32 Å².